The number of hydrazine groups is 1. The second-order valence-electron chi connectivity index (χ2n) is 6.26. The first-order chi connectivity index (χ1) is 11.0. The summed E-state index contributed by atoms with van der Waals surface area (Å²) >= 11 is 0. The Balaban J connectivity index is 1.95. The number of allylic oxidation sites excluding steroid dienone is 2. The molecule has 122 valence electrons. The minimum atomic E-state index is -0.482. The first-order valence-corrected chi connectivity index (χ1v) is 8.02. The van der Waals surface area contributed by atoms with Crippen molar-refractivity contribution in [3.63, 3.8) is 0 Å². The van der Waals surface area contributed by atoms with E-state index in [0.717, 1.165) is 29.8 Å². The fraction of sp³-hybridized carbons (Fsp3) is 0.412. The van der Waals surface area contributed by atoms with E-state index in [1.165, 1.54) is 24.3 Å². The summed E-state index contributed by atoms with van der Waals surface area (Å²) in [6.45, 7) is 0.243. The fourth-order valence-corrected chi connectivity index (χ4v) is 3.37. The Bertz CT molecular complexity index is 726. The number of primary amides is 1. The molecule has 5 N–H and O–H groups in total. The van der Waals surface area contributed by atoms with Gasteiger partial charge < -0.3 is 15.7 Å². The van der Waals surface area contributed by atoms with Crippen molar-refractivity contribution in [2.24, 2.45) is 11.6 Å². The molecule has 2 aliphatic rings. The molecule has 0 aromatic carbocycles. The summed E-state index contributed by atoms with van der Waals surface area (Å²) in [7, 11) is 0. The molecule has 0 saturated heterocycles. The highest BCUT2D eigenvalue weighted by Gasteiger charge is 2.20. The van der Waals surface area contributed by atoms with Gasteiger partial charge in [0.1, 0.15) is 0 Å². The van der Waals surface area contributed by atoms with Crippen LogP contribution in [-0.4, -0.2) is 22.4 Å². The molecule has 0 unspecified atom stereocenters. The second-order valence-corrected chi connectivity index (χ2v) is 6.26. The Morgan fingerprint density at radius 2 is 1.91 bits per heavy atom. The molecule has 1 amide bonds. The second kappa shape index (κ2) is 6.42. The molecule has 0 spiro atoms. The largest absolute Gasteiger partial charge is 0.366 e. The van der Waals surface area contributed by atoms with Crippen molar-refractivity contribution in [3.8, 4) is 0 Å². The Kier molecular flexibility index (Phi) is 4.34. The van der Waals surface area contributed by atoms with Crippen LogP contribution < -0.4 is 17.1 Å². The molecule has 1 aromatic heterocycles. The maximum Gasteiger partial charge on any atom is 0.248 e. The highest BCUT2D eigenvalue weighted by Crippen LogP contribution is 2.32. The average Bonchev–Trinajstić information content (AvgIpc) is 2.55. The summed E-state index contributed by atoms with van der Waals surface area (Å²) in [6, 6.07) is 3.55. The van der Waals surface area contributed by atoms with Crippen molar-refractivity contribution < 1.29 is 4.79 Å². The molecule has 1 aliphatic carbocycles. The van der Waals surface area contributed by atoms with E-state index in [2.05, 4.69) is 4.98 Å². The van der Waals surface area contributed by atoms with Crippen LogP contribution in [0, 0.1) is 0 Å². The summed E-state index contributed by atoms with van der Waals surface area (Å²) in [5.41, 5.74) is 8.09. The number of carbonyl (C=O) groups excluding carboxylic acids is 1. The quantitative estimate of drug-likeness (QED) is 0.733. The Morgan fingerprint density at radius 3 is 2.57 bits per heavy atom. The van der Waals surface area contributed by atoms with Crippen LogP contribution in [0.3, 0.4) is 0 Å². The van der Waals surface area contributed by atoms with E-state index in [1.54, 1.807) is 18.2 Å². The van der Waals surface area contributed by atoms with Crippen molar-refractivity contribution in [2.75, 3.05) is 6.54 Å². The van der Waals surface area contributed by atoms with Crippen LogP contribution in [0.5, 0.6) is 0 Å². The minimum Gasteiger partial charge on any atom is -0.366 e. The minimum absolute atomic E-state index is 0.123. The lowest BCUT2D eigenvalue weighted by molar-refractivity contribution is -0.114. The SMILES string of the molecule is NC(=O)C1=CC=C(c2cc(C3CCCCC3)[nH]c(=O)c2)N(N)C1. The maximum atomic E-state index is 12.0. The zero-order valence-electron chi connectivity index (χ0n) is 13.0. The van der Waals surface area contributed by atoms with Crippen LogP contribution in [0.25, 0.3) is 5.70 Å². The Labute approximate surface area is 134 Å². The van der Waals surface area contributed by atoms with Crippen molar-refractivity contribution in [3.05, 3.63) is 51.5 Å². The smallest absolute Gasteiger partial charge is 0.248 e. The molecule has 23 heavy (non-hydrogen) atoms. The molecule has 3 rings (SSSR count). The van der Waals surface area contributed by atoms with Crippen molar-refractivity contribution in [2.45, 2.75) is 38.0 Å². The third-order valence-electron chi connectivity index (χ3n) is 4.61. The lowest BCUT2D eigenvalue weighted by Crippen LogP contribution is -2.36. The van der Waals surface area contributed by atoms with E-state index in [1.807, 2.05) is 6.07 Å². The molecule has 0 atom stereocenters. The fourth-order valence-electron chi connectivity index (χ4n) is 3.37. The number of nitrogens with zero attached hydrogens (tertiary/aromatic N) is 1. The Morgan fingerprint density at radius 1 is 1.17 bits per heavy atom. The predicted octanol–water partition coefficient (Wildman–Crippen LogP) is 1.36. The van der Waals surface area contributed by atoms with E-state index in [-0.39, 0.29) is 12.1 Å². The van der Waals surface area contributed by atoms with E-state index in [9.17, 15) is 9.59 Å². The summed E-state index contributed by atoms with van der Waals surface area (Å²) in [5.74, 6) is 5.95. The van der Waals surface area contributed by atoms with Crippen LogP contribution in [0.2, 0.25) is 0 Å². The predicted molar refractivity (Wildman–Crippen MR) is 89.0 cm³/mol. The molecule has 6 heteroatoms. The molecule has 1 aliphatic heterocycles. The van der Waals surface area contributed by atoms with Gasteiger partial charge in [0.15, 0.2) is 0 Å². The number of carbonyl (C=O) groups is 1. The molecule has 1 saturated carbocycles. The molecule has 1 aromatic rings. The molecule has 6 nitrogen and oxygen atoms in total. The number of amides is 1. The molecular formula is C17H22N4O2. The first kappa shape index (κ1) is 15.6. The van der Waals surface area contributed by atoms with E-state index < -0.39 is 5.91 Å². The van der Waals surface area contributed by atoms with Crippen LogP contribution in [0.4, 0.5) is 0 Å². The summed E-state index contributed by atoms with van der Waals surface area (Å²) < 4.78 is 0. The van der Waals surface area contributed by atoms with Gasteiger partial charge in [0.25, 0.3) is 0 Å². The number of hydrogen-bond donors (Lipinski definition) is 3. The van der Waals surface area contributed by atoms with Gasteiger partial charge in [0.05, 0.1) is 12.2 Å². The third-order valence-corrected chi connectivity index (χ3v) is 4.61. The molecule has 0 radical (unpaired) electrons. The van der Waals surface area contributed by atoms with Gasteiger partial charge in [-0.15, -0.1) is 0 Å². The summed E-state index contributed by atoms with van der Waals surface area (Å²) in [4.78, 5) is 26.3. The van der Waals surface area contributed by atoms with Gasteiger partial charge in [-0.05, 0) is 37.0 Å². The summed E-state index contributed by atoms with van der Waals surface area (Å²) in [6.07, 6.45) is 9.29. The van der Waals surface area contributed by atoms with Crippen molar-refractivity contribution in [1.29, 1.82) is 0 Å². The molecule has 1 fully saturated rings. The monoisotopic (exact) mass is 314 g/mol. The highest BCUT2D eigenvalue weighted by atomic mass is 16.1. The van der Waals surface area contributed by atoms with Gasteiger partial charge in [-0.2, -0.15) is 0 Å². The van der Waals surface area contributed by atoms with E-state index >= 15 is 0 Å². The average molecular weight is 314 g/mol. The van der Waals surface area contributed by atoms with Gasteiger partial charge in [-0.1, -0.05) is 19.3 Å². The van der Waals surface area contributed by atoms with E-state index in [0.29, 0.717) is 11.5 Å². The lowest BCUT2D eigenvalue weighted by atomic mass is 9.86. The van der Waals surface area contributed by atoms with Crippen LogP contribution in [-0.2, 0) is 4.79 Å². The number of rotatable bonds is 3. The molecular weight excluding hydrogens is 292 g/mol. The zero-order valence-corrected chi connectivity index (χ0v) is 13.0. The van der Waals surface area contributed by atoms with E-state index in [4.69, 9.17) is 11.6 Å². The first-order valence-electron chi connectivity index (χ1n) is 8.02. The topological polar surface area (TPSA) is 105 Å². The number of nitrogens with two attached hydrogens (primary N) is 2. The van der Waals surface area contributed by atoms with Gasteiger partial charge >= 0.3 is 0 Å². The zero-order chi connectivity index (χ0) is 16.4. The number of H-pyrrole nitrogens is 1. The van der Waals surface area contributed by atoms with Crippen LogP contribution in [0.1, 0.15) is 49.3 Å². The van der Waals surface area contributed by atoms with Gasteiger partial charge in [0, 0.05) is 22.9 Å². The number of aromatic amines is 1. The van der Waals surface area contributed by atoms with Gasteiger partial charge in [0.2, 0.25) is 11.5 Å². The number of pyridine rings is 1. The van der Waals surface area contributed by atoms with Crippen LogP contribution >= 0.6 is 0 Å². The van der Waals surface area contributed by atoms with Gasteiger partial charge in [-0.3, -0.25) is 9.59 Å². The Hall–Kier alpha value is -2.34. The normalized spacial score (nSPS) is 19.3. The standard InChI is InChI=1S/C17H22N4O2/c18-17(23)12-6-7-15(21(19)10-12)13-8-14(20-16(22)9-13)11-4-2-1-3-5-11/h6-9,11H,1-5,10,19H2,(H2,18,23)(H,20,22). The van der Waals surface area contributed by atoms with Gasteiger partial charge in [-0.25, -0.2) is 5.84 Å². The van der Waals surface area contributed by atoms with Crippen molar-refractivity contribution >= 4 is 11.6 Å². The maximum absolute atomic E-state index is 12.0. The van der Waals surface area contributed by atoms with Crippen LogP contribution in [0.15, 0.2) is 34.7 Å². The molecule has 2 heterocycles. The van der Waals surface area contributed by atoms with Crippen molar-refractivity contribution in [1.82, 2.24) is 9.99 Å². The molecule has 0 bridgehead atoms. The lowest BCUT2D eigenvalue weighted by Gasteiger charge is -2.27. The summed E-state index contributed by atoms with van der Waals surface area (Å²) in [5, 5.41) is 1.46. The number of aromatic nitrogens is 1. The number of nitrogens with one attached hydrogen (secondary N) is 1. The number of hydrogen-bond acceptors (Lipinski definition) is 4. The highest BCUT2D eigenvalue weighted by molar-refractivity contribution is 5.94. The third kappa shape index (κ3) is 3.37.